The predicted octanol–water partition coefficient (Wildman–Crippen LogP) is 2.07. The maximum absolute atomic E-state index is 11.1. The van der Waals surface area contributed by atoms with Crippen LogP contribution in [0, 0.1) is 0 Å². The second kappa shape index (κ2) is 4.60. The minimum Gasteiger partial charge on any atom is -0.477 e. The van der Waals surface area contributed by atoms with E-state index in [1.807, 2.05) is 6.92 Å². The Morgan fingerprint density at radius 1 is 1.62 bits per heavy atom. The molecule has 70 valence electrons. The SMILES string of the molecule is CCCOc1ncccc1C(C)=O. The summed E-state index contributed by atoms with van der Waals surface area (Å²) in [7, 11) is 0. The van der Waals surface area contributed by atoms with Crippen LogP contribution in [0.25, 0.3) is 0 Å². The highest BCUT2D eigenvalue weighted by atomic mass is 16.5. The fourth-order valence-corrected chi connectivity index (χ4v) is 0.973. The fourth-order valence-electron chi connectivity index (χ4n) is 0.973. The second-order valence-corrected chi connectivity index (χ2v) is 2.76. The van der Waals surface area contributed by atoms with Crippen LogP contribution in [0.2, 0.25) is 0 Å². The van der Waals surface area contributed by atoms with Gasteiger partial charge in [-0.3, -0.25) is 4.79 Å². The van der Waals surface area contributed by atoms with Crippen molar-refractivity contribution in [3.05, 3.63) is 23.9 Å². The number of Topliss-reactive ketones (excluding diaryl/α,β-unsaturated/α-hetero) is 1. The van der Waals surface area contributed by atoms with Crippen molar-refractivity contribution in [2.45, 2.75) is 20.3 Å². The lowest BCUT2D eigenvalue weighted by atomic mass is 10.2. The summed E-state index contributed by atoms with van der Waals surface area (Å²) in [6.45, 7) is 4.11. The number of nitrogens with zero attached hydrogens (tertiary/aromatic N) is 1. The zero-order valence-electron chi connectivity index (χ0n) is 7.91. The molecule has 3 heteroatoms. The Labute approximate surface area is 77.8 Å². The summed E-state index contributed by atoms with van der Waals surface area (Å²) in [5, 5.41) is 0. The zero-order valence-corrected chi connectivity index (χ0v) is 7.91. The molecule has 1 heterocycles. The van der Waals surface area contributed by atoms with Crippen LogP contribution in [-0.2, 0) is 0 Å². The van der Waals surface area contributed by atoms with Gasteiger partial charge in [-0.15, -0.1) is 0 Å². The zero-order chi connectivity index (χ0) is 9.68. The second-order valence-electron chi connectivity index (χ2n) is 2.76. The number of pyridine rings is 1. The average Bonchev–Trinajstić information content (AvgIpc) is 2.15. The molecular formula is C10H13NO2. The summed E-state index contributed by atoms with van der Waals surface area (Å²) in [4.78, 5) is 15.1. The molecule has 0 fully saturated rings. The Balaban J connectivity index is 2.84. The summed E-state index contributed by atoms with van der Waals surface area (Å²) >= 11 is 0. The van der Waals surface area contributed by atoms with Crippen LogP contribution in [0.4, 0.5) is 0 Å². The van der Waals surface area contributed by atoms with E-state index >= 15 is 0 Å². The van der Waals surface area contributed by atoms with Gasteiger partial charge in [-0.25, -0.2) is 4.98 Å². The molecule has 0 atom stereocenters. The molecule has 13 heavy (non-hydrogen) atoms. The normalized spacial score (nSPS) is 9.69. The van der Waals surface area contributed by atoms with E-state index in [0.717, 1.165) is 6.42 Å². The number of hydrogen-bond donors (Lipinski definition) is 0. The van der Waals surface area contributed by atoms with Crippen LogP contribution in [-0.4, -0.2) is 17.4 Å². The van der Waals surface area contributed by atoms with Crippen molar-refractivity contribution in [3.8, 4) is 5.88 Å². The monoisotopic (exact) mass is 179 g/mol. The molecule has 0 aliphatic rings. The number of rotatable bonds is 4. The first-order valence-corrected chi connectivity index (χ1v) is 4.34. The maximum atomic E-state index is 11.1. The van der Waals surface area contributed by atoms with Crippen molar-refractivity contribution < 1.29 is 9.53 Å². The van der Waals surface area contributed by atoms with E-state index in [-0.39, 0.29) is 5.78 Å². The highest BCUT2D eigenvalue weighted by molar-refractivity contribution is 5.96. The van der Waals surface area contributed by atoms with E-state index in [1.165, 1.54) is 6.92 Å². The Bertz CT molecular complexity index is 297. The van der Waals surface area contributed by atoms with Gasteiger partial charge < -0.3 is 4.74 Å². The van der Waals surface area contributed by atoms with Crippen molar-refractivity contribution in [1.82, 2.24) is 4.98 Å². The quantitative estimate of drug-likeness (QED) is 0.664. The van der Waals surface area contributed by atoms with Crippen LogP contribution in [0.1, 0.15) is 30.6 Å². The number of ether oxygens (including phenoxy) is 1. The fraction of sp³-hybridized carbons (Fsp3) is 0.400. The van der Waals surface area contributed by atoms with E-state index in [9.17, 15) is 4.79 Å². The third-order valence-electron chi connectivity index (χ3n) is 1.59. The standard InChI is InChI=1S/C10H13NO2/c1-3-7-13-10-9(8(2)12)5-4-6-11-10/h4-6H,3,7H2,1-2H3. The van der Waals surface area contributed by atoms with Crippen molar-refractivity contribution in [2.24, 2.45) is 0 Å². The van der Waals surface area contributed by atoms with Crippen molar-refractivity contribution in [3.63, 3.8) is 0 Å². The van der Waals surface area contributed by atoms with Crippen molar-refractivity contribution >= 4 is 5.78 Å². The highest BCUT2D eigenvalue weighted by Crippen LogP contribution is 2.14. The van der Waals surface area contributed by atoms with Gasteiger partial charge in [-0.1, -0.05) is 6.92 Å². The molecule has 0 amide bonds. The third-order valence-corrected chi connectivity index (χ3v) is 1.59. The Morgan fingerprint density at radius 3 is 3.00 bits per heavy atom. The van der Waals surface area contributed by atoms with Gasteiger partial charge in [-0.2, -0.15) is 0 Å². The van der Waals surface area contributed by atoms with E-state index in [2.05, 4.69) is 4.98 Å². The minimum absolute atomic E-state index is 0.0146. The van der Waals surface area contributed by atoms with Crippen LogP contribution in [0.5, 0.6) is 5.88 Å². The lowest BCUT2D eigenvalue weighted by molar-refractivity contribution is 0.101. The molecule has 0 aliphatic heterocycles. The molecule has 0 spiro atoms. The van der Waals surface area contributed by atoms with Crippen molar-refractivity contribution in [2.75, 3.05) is 6.61 Å². The van der Waals surface area contributed by atoms with Gasteiger partial charge in [-0.05, 0) is 25.5 Å². The third kappa shape index (κ3) is 2.54. The predicted molar refractivity (Wildman–Crippen MR) is 50.0 cm³/mol. The first-order chi connectivity index (χ1) is 6.25. The van der Waals surface area contributed by atoms with Gasteiger partial charge in [0.2, 0.25) is 5.88 Å². The van der Waals surface area contributed by atoms with Crippen LogP contribution < -0.4 is 4.74 Å². The minimum atomic E-state index is -0.0146. The first-order valence-electron chi connectivity index (χ1n) is 4.34. The Kier molecular flexibility index (Phi) is 3.43. The Morgan fingerprint density at radius 2 is 2.38 bits per heavy atom. The molecule has 0 saturated carbocycles. The topological polar surface area (TPSA) is 39.2 Å². The molecule has 1 aromatic rings. The van der Waals surface area contributed by atoms with Gasteiger partial charge in [0.1, 0.15) is 0 Å². The van der Waals surface area contributed by atoms with Gasteiger partial charge in [0.25, 0.3) is 0 Å². The number of carbonyl (C=O) groups excluding carboxylic acids is 1. The smallest absolute Gasteiger partial charge is 0.224 e. The molecule has 0 radical (unpaired) electrons. The molecule has 0 N–H and O–H groups in total. The van der Waals surface area contributed by atoms with Gasteiger partial charge >= 0.3 is 0 Å². The van der Waals surface area contributed by atoms with Gasteiger partial charge in [0, 0.05) is 6.20 Å². The number of hydrogen-bond acceptors (Lipinski definition) is 3. The molecular weight excluding hydrogens is 166 g/mol. The van der Waals surface area contributed by atoms with Crippen LogP contribution in [0.3, 0.4) is 0 Å². The van der Waals surface area contributed by atoms with E-state index in [0.29, 0.717) is 18.1 Å². The number of ketones is 1. The number of aromatic nitrogens is 1. The van der Waals surface area contributed by atoms with Crippen LogP contribution >= 0.6 is 0 Å². The number of carbonyl (C=O) groups is 1. The first kappa shape index (κ1) is 9.71. The van der Waals surface area contributed by atoms with Crippen molar-refractivity contribution in [1.29, 1.82) is 0 Å². The van der Waals surface area contributed by atoms with E-state index in [1.54, 1.807) is 18.3 Å². The maximum Gasteiger partial charge on any atom is 0.224 e. The summed E-state index contributed by atoms with van der Waals surface area (Å²) in [5.74, 6) is 0.427. The molecule has 1 aromatic heterocycles. The Hall–Kier alpha value is -1.38. The molecule has 3 nitrogen and oxygen atoms in total. The molecule has 0 aliphatic carbocycles. The summed E-state index contributed by atoms with van der Waals surface area (Å²) in [6.07, 6.45) is 2.53. The lowest BCUT2D eigenvalue weighted by Crippen LogP contribution is -2.03. The summed E-state index contributed by atoms with van der Waals surface area (Å²) < 4.78 is 5.32. The highest BCUT2D eigenvalue weighted by Gasteiger charge is 2.07. The largest absolute Gasteiger partial charge is 0.477 e. The van der Waals surface area contributed by atoms with Crippen LogP contribution in [0.15, 0.2) is 18.3 Å². The molecule has 0 aromatic carbocycles. The summed E-state index contributed by atoms with van der Waals surface area (Å²) in [5.41, 5.74) is 0.552. The summed E-state index contributed by atoms with van der Waals surface area (Å²) in [6, 6.07) is 3.45. The van der Waals surface area contributed by atoms with Gasteiger partial charge in [0.05, 0.1) is 12.2 Å². The molecule has 0 bridgehead atoms. The average molecular weight is 179 g/mol. The molecule has 0 unspecified atom stereocenters. The van der Waals surface area contributed by atoms with E-state index < -0.39 is 0 Å². The molecule has 0 saturated heterocycles. The van der Waals surface area contributed by atoms with E-state index in [4.69, 9.17) is 4.74 Å². The van der Waals surface area contributed by atoms with Gasteiger partial charge in [0.15, 0.2) is 5.78 Å². The lowest BCUT2D eigenvalue weighted by Gasteiger charge is -2.06. The molecule has 1 rings (SSSR count).